The van der Waals surface area contributed by atoms with Crippen molar-refractivity contribution in [1.29, 1.82) is 0 Å². The summed E-state index contributed by atoms with van der Waals surface area (Å²) >= 11 is 0. The van der Waals surface area contributed by atoms with Crippen molar-refractivity contribution in [3.63, 3.8) is 0 Å². The van der Waals surface area contributed by atoms with Crippen LogP contribution in [0, 0.1) is 19.8 Å². The van der Waals surface area contributed by atoms with Gasteiger partial charge in [-0.25, -0.2) is 9.50 Å². The van der Waals surface area contributed by atoms with Crippen molar-refractivity contribution in [3.8, 4) is 0 Å². The van der Waals surface area contributed by atoms with Gasteiger partial charge < -0.3 is 10.6 Å². The lowest BCUT2D eigenvalue weighted by Gasteiger charge is -2.10. The second-order valence-corrected chi connectivity index (χ2v) is 6.96. The summed E-state index contributed by atoms with van der Waals surface area (Å²) in [6, 6.07) is 9.39. The number of nitrogens with zero attached hydrogens (tertiary/aromatic N) is 3. The Morgan fingerprint density at radius 3 is 2.81 bits per heavy atom. The zero-order chi connectivity index (χ0) is 19.0. The molecule has 27 heavy (non-hydrogen) atoms. The van der Waals surface area contributed by atoms with Crippen LogP contribution in [0.25, 0.3) is 5.65 Å². The van der Waals surface area contributed by atoms with Crippen molar-refractivity contribution in [2.24, 2.45) is 5.92 Å². The number of anilines is 1. The Bertz CT molecular complexity index is 1040. The van der Waals surface area contributed by atoms with Gasteiger partial charge in [0.25, 0.3) is 5.91 Å². The molecule has 0 bridgehead atoms. The average molecular weight is 363 g/mol. The second-order valence-electron chi connectivity index (χ2n) is 6.96. The zero-order valence-corrected chi connectivity index (χ0v) is 15.3. The first-order valence-corrected chi connectivity index (χ1v) is 9.01. The first-order valence-electron chi connectivity index (χ1n) is 9.01. The highest BCUT2D eigenvalue weighted by molar-refractivity contribution is 5.95. The highest BCUT2D eigenvalue weighted by Crippen LogP contribution is 2.30. The fourth-order valence-electron chi connectivity index (χ4n) is 3.01. The van der Waals surface area contributed by atoms with Gasteiger partial charge in [-0.2, -0.15) is 5.10 Å². The van der Waals surface area contributed by atoms with Crippen molar-refractivity contribution in [2.75, 3.05) is 5.32 Å². The highest BCUT2D eigenvalue weighted by atomic mass is 16.2. The number of carbonyl (C=O) groups is 2. The number of fused-ring (bicyclic) bond motifs is 1. The maximum absolute atomic E-state index is 12.6. The van der Waals surface area contributed by atoms with Gasteiger partial charge in [0.1, 0.15) is 0 Å². The maximum Gasteiger partial charge on any atom is 0.254 e. The number of amides is 2. The van der Waals surface area contributed by atoms with Gasteiger partial charge in [0, 0.05) is 30.4 Å². The minimum absolute atomic E-state index is 0.0701. The van der Waals surface area contributed by atoms with E-state index in [0.717, 1.165) is 41.1 Å². The number of aryl methyl sites for hydroxylation is 2. The van der Waals surface area contributed by atoms with Crippen LogP contribution >= 0.6 is 0 Å². The summed E-state index contributed by atoms with van der Waals surface area (Å²) in [5, 5.41) is 10.2. The Kier molecular flexibility index (Phi) is 4.35. The Hall–Kier alpha value is -3.22. The van der Waals surface area contributed by atoms with Crippen LogP contribution in [0.1, 0.15) is 40.2 Å². The Balaban J connectivity index is 1.44. The standard InChI is InChI=1S/C20H21N5O2/c1-12-8-18-21-11-17(13(2)25(18)24-12)20(27)22-10-14-4-3-5-16(9-14)23-19(26)15-6-7-15/h3-5,8-9,11,15H,6-7,10H2,1-2H3,(H,22,27)(H,23,26). The Labute approximate surface area is 156 Å². The van der Waals surface area contributed by atoms with E-state index in [1.807, 2.05) is 44.2 Å². The van der Waals surface area contributed by atoms with E-state index >= 15 is 0 Å². The molecule has 0 spiro atoms. The van der Waals surface area contributed by atoms with E-state index in [0.29, 0.717) is 12.1 Å². The van der Waals surface area contributed by atoms with Crippen molar-refractivity contribution >= 4 is 23.1 Å². The van der Waals surface area contributed by atoms with E-state index in [1.54, 1.807) is 10.7 Å². The molecule has 1 fully saturated rings. The predicted molar refractivity (Wildman–Crippen MR) is 101 cm³/mol. The topological polar surface area (TPSA) is 88.4 Å². The third-order valence-electron chi connectivity index (χ3n) is 4.69. The van der Waals surface area contributed by atoms with Crippen molar-refractivity contribution in [3.05, 3.63) is 59.0 Å². The molecule has 2 aromatic heterocycles. The van der Waals surface area contributed by atoms with Gasteiger partial charge in [0.15, 0.2) is 5.65 Å². The summed E-state index contributed by atoms with van der Waals surface area (Å²) in [5.74, 6) is 0.0212. The molecule has 7 nitrogen and oxygen atoms in total. The third kappa shape index (κ3) is 3.67. The number of nitrogens with one attached hydrogen (secondary N) is 2. The summed E-state index contributed by atoms with van der Waals surface area (Å²) in [6.45, 7) is 4.11. The molecule has 2 N–H and O–H groups in total. The van der Waals surface area contributed by atoms with Crippen LogP contribution in [-0.2, 0) is 11.3 Å². The molecule has 138 valence electrons. The van der Waals surface area contributed by atoms with Crippen LogP contribution in [0.4, 0.5) is 5.69 Å². The van der Waals surface area contributed by atoms with Gasteiger partial charge in [-0.3, -0.25) is 9.59 Å². The number of rotatable bonds is 5. The van der Waals surface area contributed by atoms with E-state index in [9.17, 15) is 9.59 Å². The number of benzene rings is 1. The van der Waals surface area contributed by atoms with Crippen LogP contribution in [0.5, 0.6) is 0 Å². The van der Waals surface area contributed by atoms with Crippen LogP contribution in [0.2, 0.25) is 0 Å². The van der Waals surface area contributed by atoms with Crippen LogP contribution < -0.4 is 10.6 Å². The molecule has 0 radical (unpaired) electrons. The molecular formula is C20H21N5O2. The monoisotopic (exact) mass is 363 g/mol. The average Bonchev–Trinajstić information content (AvgIpc) is 3.42. The number of carbonyl (C=O) groups excluding carboxylic acids is 2. The van der Waals surface area contributed by atoms with Gasteiger partial charge in [0.2, 0.25) is 5.91 Å². The van der Waals surface area contributed by atoms with E-state index in [-0.39, 0.29) is 17.7 Å². The fourth-order valence-corrected chi connectivity index (χ4v) is 3.01. The van der Waals surface area contributed by atoms with Gasteiger partial charge in [-0.05, 0) is 44.4 Å². The second kappa shape index (κ2) is 6.83. The summed E-state index contributed by atoms with van der Waals surface area (Å²) in [6.07, 6.45) is 3.51. The fraction of sp³-hybridized carbons (Fsp3) is 0.300. The lowest BCUT2D eigenvalue weighted by Crippen LogP contribution is -2.25. The lowest BCUT2D eigenvalue weighted by molar-refractivity contribution is -0.117. The lowest BCUT2D eigenvalue weighted by atomic mass is 10.1. The minimum atomic E-state index is -0.206. The molecule has 1 aliphatic rings. The quantitative estimate of drug-likeness (QED) is 0.729. The molecule has 7 heteroatoms. The summed E-state index contributed by atoms with van der Waals surface area (Å²) < 4.78 is 1.68. The van der Waals surface area contributed by atoms with Crippen LogP contribution in [-0.4, -0.2) is 26.4 Å². The van der Waals surface area contributed by atoms with E-state index in [1.165, 1.54) is 0 Å². The van der Waals surface area contributed by atoms with Crippen molar-refractivity contribution in [1.82, 2.24) is 19.9 Å². The van der Waals surface area contributed by atoms with Crippen molar-refractivity contribution < 1.29 is 9.59 Å². The smallest absolute Gasteiger partial charge is 0.254 e. The van der Waals surface area contributed by atoms with E-state index in [4.69, 9.17) is 0 Å². The molecule has 1 aromatic carbocycles. The molecule has 3 aromatic rings. The van der Waals surface area contributed by atoms with Gasteiger partial charge >= 0.3 is 0 Å². The molecule has 0 unspecified atom stereocenters. The summed E-state index contributed by atoms with van der Waals surface area (Å²) in [7, 11) is 0. The Morgan fingerprint density at radius 1 is 1.22 bits per heavy atom. The molecule has 1 aliphatic carbocycles. The highest BCUT2D eigenvalue weighted by Gasteiger charge is 2.29. The summed E-state index contributed by atoms with van der Waals surface area (Å²) in [5.41, 5.74) is 4.48. The van der Waals surface area contributed by atoms with Crippen LogP contribution in [0.15, 0.2) is 36.5 Å². The Morgan fingerprint density at radius 2 is 2.04 bits per heavy atom. The van der Waals surface area contributed by atoms with Gasteiger partial charge in [-0.15, -0.1) is 0 Å². The predicted octanol–water partition coefficient (Wildman–Crippen LogP) is 2.62. The van der Waals surface area contributed by atoms with E-state index in [2.05, 4.69) is 20.7 Å². The molecule has 0 atom stereocenters. The first kappa shape index (κ1) is 17.2. The van der Waals surface area contributed by atoms with Crippen molar-refractivity contribution in [2.45, 2.75) is 33.2 Å². The zero-order valence-electron chi connectivity index (χ0n) is 15.3. The third-order valence-corrected chi connectivity index (χ3v) is 4.69. The normalized spacial score (nSPS) is 13.6. The van der Waals surface area contributed by atoms with Gasteiger partial charge in [-0.1, -0.05) is 12.1 Å². The number of hydrogen-bond donors (Lipinski definition) is 2. The first-order chi connectivity index (χ1) is 13.0. The number of aromatic nitrogens is 3. The molecule has 4 rings (SSSR count). The molecule has 0 aliphatic heterocycles. The van der Waals surface area contributed by atoms with E-state index < -0.39 is 0 Å². The largest absolute Gasteiger partial charge is 0.348 e. The molecule has 0 saturated heterocycles. The number of hydrogen-bond acceptors (Lipinski definition) is 4. The van der Waals surface area contributed by atoms with Gasteiger partial charge in [0.05, 0.1) is 17.0 Å². The minimum Gasteiger partial charge on any atom is -0.348 e. The summed E-state index contributed by atoms with van der Waals surface area (Å²) in [4.78, 5) is 28.8. The van der Waals surface area contributed by atoms with Crippen LogP contribution in [0.3, 0.4) is 0 Å². The SMILES string of the molecule is Cc1cc2ncc(C(=O)NCc3cccc(NC(=O)C4CC4)c3)c(C)n2n1. The molecular weight excluding hydrogens is 342 g/mol. The maximum atomic E-state index is 12.6. The molecule has 2 amide bonds. The molecule has 2 heterocycles. The molecule has 1 saturated carbocycles.